The number of aliphatic hydroxyl groups excluding tert-OH is 1. The van der Waals surface area contributed by atoms with Crippen LogP contribution in [0.5, 0.6) is 0 Å². The summed E-state index contributed by atoms with van der Waals surface area (Å²) in [6, 6.07) is 0. The van der Waals surface area contributed by atoms with Crippen molar-refractivity contribution in [3.8, 4) is 0 Å². The van der Waals surface area contributed by atoms with Crippen LogP contribution in [0.3, 0.4) is 0 Å². The Balaban J connectivity index is 5.25. The average molecular weight is 1370 g/mol. The van der Waals surface area contributed by atoms with E-state index in [-0.39, 0.29) is 25.7 Å². The molecule has 0 amide bonds. The Morgan fingerprint density at radius 3 is 0.731 bits per heavy atom. The number of esters is 4. The van der Waals surface area contributed by atoms with E-state index in [0.29, 0.717) is 25.7 Å². The Bertz CT molecular complexity index is 1800. The van der Waals surface area contributed by atoms with Crippen molar-refractivity contribution >= 4 is 39.5 Å². The zero-order chi connectivity index (χ0) is 68.6. The highest BCUT2D eigenvalue weighted by Gasteiger charge is 2.30. The second-order valence-corrected chi connectivity index (χ2v) is 30.5. The van der Waals surface area contributed by atoms with Crippen molar-refractivity contribution < 1.29 is 80.2 Å². The second kappa shape index (κ2) is 66.0. The molecule has 0 aliphatic carbocycles. The number of aliphatic hydroxyl groups is 1. The van der Waals surface area contributed by atoms with Crippen LogP contribution >= 0.6 is 15.6 Å². The van der Waals surface area contributed by atoms with Gasteiger partial charge >= 0.3 is 39.5 Å². The van der Waals surface area contributed by atoms with Gasteiger partial charge in [0.2, 0.25) is 0 Å². The maximum atomic E-state index is 13.1. The zero-order valence-electron chi connectivity index (χ0n) is 60.6. The molecule has 5 atom stereocenters. The summed E-state index contributed by atoms with van der Waals surface area (Å²) in [5.74, 6) is -0.674. The molecule has 0 spiro atoms. The molecule has 0 aromatic carbocycles. The summed E-state index contributed by atoms with van der Waals surface area (Å²) in [7, 11) is -9.91. The van der Waals surface area contributed by atoms with Gasteiger partial charge in [0.05, 0.1) is 26.4 Å². The standard InChI is InChI=1S/C74H144O17P2/c1-7-9-11-13-15-17-19-21-23-25-27-29-31-40-46-52-58-73(78)90-69(62-84-71(76)56-50-44-38-30-28-26-24-22-20-18-16-14-12-10-8-2)64-88-92(80,81)86-60-68(75)61-87-93(82,83)89-65-70(91-74(79)59-53-47-41-35-33-37-43-49-55-67(5)6)63-85-72(77)57-51-45-39-34-32-36-42-48-54-66(3)4/h66-70,75H,7-65H2,1-6H3,(H,80,81)(H,82,83)/t68-,69-,70-/m1/s1. The Morgan fingerprint density at radius 1 is 0.290 bits per heavy atom. The summed E-state index contributed by atoms with van der Waals surface area (Å²) < 4.78 is 68.4. The number of rotatable bonds is 73. The van der Waals surface area contributed by atoms with Crippen LogP contribution in [-0.4, -0.2) is 96.7 Å². The van der Waals surface area contributed by atoms with Gasteiger partial charge in [-0.05, 0) is 37.5 Å². The number of carbonyl (C=O) groups is 4. The molecule has 0 aromatic rings. The monoisotopic (exact) mass is 1370 g/mol. The smallest absolute Gasteiger partial charge is 0.462 e. The van der Waals surface area contributed by atoms with Crippen LogP contribution in [0.2, 0.25) is 0 Å². The Labute approximate surface area is 568 Å². The Kier molecular flexibility index (Phi) is 64.6. The summed E-state index contributed by atoms with van der Waals surface area (Å²) in [6.07, 6.45) is 52.7. The summed E-state index contributed by atoms with van der Waals surface area (Å²) in [5.41, 5.74) is 0. The quantitative estimate of drug-likeness (QED) is 0.0222. The maximum Gasteiger partial charge on any atom is 0.472 e. The minimum atomic E-state index is -4.96. The van der Waals surface area contributed by atoms with Crippen molar-refractivity contribution in [1.82, 2.24) is 0 Å². The molecular formula is C74H144O17P2. The van der Waals surface area contributed by atoms with E-state index in [1.54, 1.807) is 0 Å². The third-order valence-electron chi connectivity index (χ3n) is 17.2. The van der Waals surface area contributed by atoms with Gasteiger partial charge in [-0.25, -0.2) is 9.13 Å². The van der Waals surface area contributed by atoms with Gasteiger partial charge < -0.3 is 33.8 Å². The third kappa shape index (κ3) is 68.4. The minimum absolute atomic E-state index is 0.104. The van der Waals surface area contributed by atoms with Crippen molar-refractivity contribution in [3.05, 3.63) is 0 Å². The Hall–Kier alpha value is -1.94. The fourth-order valence-electron chi connectivity index (χ4n) is 11.3. The van der Waals surface area contributed by atoms with Crippen molar-refractivity contribution in [2.45, 2.75) is 400 Å². The van der Waals surface area contributed by atoms with Crippen molar-refractivity contribution in [2.75, 3.05) is 39.6 Å². The van der Waals surface area contributed by atoms with Gasteiger partial charge in [-0.2, -0.15) is 0 Å². The highest BCUT2D eigenvalue weighted by Crippen LogP contribution is 2.45. The van der Waals surface area contributed by atoms with Gasteiger partial charge in [0.1, 0.15) is 19.3 Å². The lowest BCUT2D eigenvalue weighted by Gasteiger charge is -2.21. The number of ether oxygens (including phenoxy) is 4. The van der Waals surface area contributed by atoms with E-state index in [1.807, 2.05) is 0 Å². The molecule has 93 heavy (non-hydrogen) atoms. The van der Waals surface area contributed by atoms with E-state index in [1.165, 1.54) is 199 Å². The zero-order valence-corrected chi connectivity index (χ0v) is 62.3. The van der Waals surface area contributed by atoms with Gasteiger partial charge in [0.25, 0.3) is 0 Å². The minimum Gasteiger partial charge on any atom is -0.462 e. The van der Waals surface area contributed by atoms with Gasteiger partial charge in [0, 0.05) is 25.7 Å². The fraction of sp³-hybridized carbons (Fsp3) is 0.946. The van der Waals surface area contributed by atoms with E-state index < -0.39 is 97.5 Å². The van der Waals surface area contributed by atoms with E-state index in [0.717, 1.165) is 102 Å². The first-order valence-electron chi connectivity index (χ1n) is 38.5. The molecule has 0 aliphatic rings. The van der Waals surface area contributed by atoms with E-state index in [9.17, 15) is 43.2 Å². The van der Waals surface area contributed by atoms with Crippen LogP contribution in [0.1, 0.15) is 382 Å². The van der Waals surface area contributed by atoms with Crippen LogP contribution < -0.4 is 0 Å². The molecule has 0 rings (SSSR count). The topological polar surface area (TPSA) is 237 Å². The maximum absolute atomic E-state index is 13.1. The number of carbonyl (C=O) groups excluding carboxylic acids is 4. The van der Waals surface area contributed by atoms with Gasteiger partial charge in [0.15, 0.2) is 12.2 Å². The van der Waals surface area contributed by atoms with E-state index >= 15 is 0 Å². The first-order chi connectivity index (χ1) is 44.9. The summed E-state index contributed by atoms with van der Waals surface area (Å²) in [5, 5.41) is 10.6. The normalized spacial score (nSPS) is 14.1. The Morgan fingerprint density at radius 2 is 0.495 bits per heavy atom. The van der Waals surface area contributed by atoms with Gasteiger partial charge in [-0.1, -0.05) is 330 Å². The molecular weight excluding hydrogens is 1220 g/mol. The van der Waals surface area contributed by atoms with E-state index in [4.69, 9.17) is 37.0 Å². The van der Waals surface area contributed by atoms with Crippen LogP contribution in [0, 0.1) is 11.8 Å². The molecule has 0 saturated heterocycles. The molecule has 0 aromatic heterocycles. The number of hydrogen-bond acceptors (Lipinski definition) is 15. The highest BCUT2D eigenvalue weighted by atomic mass is 31.2. The molecule has 3 N–H and O–H groups in total. The summed E-state index contributed by atoms with van der Waals surface area (Å²) in [4.78, 5) is 72.7. The van der Waals surface area contributed by atoms with Crippen LogP contribution in [-0.2, 0) is 65.4 Å². The first kappa shape index (κ1) is 91.1. The van der Waals surface area contributed by atoms with E-state index in [2.05, 4.69) is 41.5 Å². The molecule has 0 aliphatic heterocycles. The lowest BCUT2D eigenvalue weighted by atomic mass is 10.0. The van der Waals surface area contributed by atoms with Crippen molar-refractivity contribution in [1.29, 1.82) is 0 Å². The third-order valence-corrected chi connectivity index (χ3v) is 19.1. The van der Waals surface area contributed by atoms with Crippen LogP contribution in [0.15, 0.2) is 0 Å². The largest absolute Gasteiger partial charge is 0.472 e. The first-order valence-corrected chi connectivity index (χ1v) is 41.5. The SMILES string of the molecule is CCCCCCCCCCCCCCCCCCC(=O)O[C@H](COC(=O)CCCCCCCCCCCCCCCCC)COP(=O)(O)OC[C@@H](O)COP(=O)(O)OC[C@@H](COC(=O)CCCCCCCCCCC(C)C)OC(=O)CCCCCCCCCCC(C)C. The predicted molar refractivity (Wildman–Crippen MR) is 377 cm³/mol. The molecule has 2 unspecified atom stereocenters. The number of hydrogen-bond donors (Lipinski definition) is 3. The molecule has 17 nitrogen and oxygen atoms in total. The van der Waals surface area contributed by atoms with Crippen molar-refractivity contribution in [3.63, 3.8) is 0 Å². The molecule has 0 bridgehead atoms. The number of unbranched alkanes of at least 4 members (excludes halogenated alkanes) is 43. The molecule has 0 radical (unpaired) electrons. The van der Waals surface area contributed by atoms with Crippen molar-refractivity contribution in [2.24, 2.45) is 11.8 Å². The molecule has 0 fully saturated rings. The average Bonchev–Trinajstić information content (AvgIpc) is 1.48. The van der Waals surface area contributed by atoms with Gasteiger partial charge in [-0.15, -0.1) is 0 Å². The molecule has 0 heterocycles. The predicted octanol–water partition coefficient (Wildman–Crippen LogP) is 21.6. The summed E-state index contributed by atoms with van der Waals surface area (Å²) >= 11 is 0. The second-order valence-electron chi connectivity index (χ2n) is 27.6. The lowest BCUT2D eigenvalue weighted by Crippen LogP contribution is -2.30. The molecule has 19 heteroatoms. The fourth-order valence-corrected chi connectivity index (χ4v) is 12.9. The molecule has 552 valence electrons. The number of phosphoric ester groups is 2. The lowest BCUT2D eigenvalue weighted by molar-refractivity contribution is -0.161. The van der Waals surface area contributed by atoms with Crippen LogP contribution in [0.4, 0.5) is 0 Å². The van der Waals surface area contributed by atoms with Crippen LogP contribution in [0.25, 0.3) is 0 Å². The highest BCUT2D eigenvalue weighted by molar-refractivity contribution is 7.47. The summed E-state index contributed by atoms with van der Waals surface area (Å²) in [6.45, 7) is 9.51. The van der Waals surface area contributed by atoms with Gasteiger partial charge in [-0.3, -0.25) is 37.3 Å². The molecule has 0 saturated carbocycles. The number of phosphoric acid groups is 2.